The fourth-order valence-electron chi connectivity index (χ4n) is 3.87. The van der Waals surface area contributed by atoms with E-state index >= 15 is 0 Å². The normalized spacial score (nSPS) is 14.0. The minimum Gasteiger partial charge on any atom is -0.493 e. The van der Waals surface area contributed by atoms with Crippen LogP contribution in [0.5, 0.6) is 17.2 Å². The number of aryl methyl sites for hydroxylation is 3. The van der Waals surface area contributed by atoms with Crippen molar-refractivity contribution in [1.82, 2.24) is 4.57 Å². The van der Waals surface area contributed by atoms with E-state index in [4.69, 9.17) is 9.47 Å². The molecule has 3 aromatic rings. The first-order valence-corrected chi connectivity index (χ1v) is 12.4. The SMILES string of the molecule is CCS(=O)(=O)c1ccc2c(c1)-c1cn(C)c(=O)cc1OCCCCc1cccc(C)c1O2. The minimum atomic E-state index is -3.44. The van der Waals surface area contributed by atoms with Crippen LogP contribution in [-0.2, 0) is 23.3 Å². The Hall–Kier alpha value is -3.06. The van der Waals surface area contributed by atoms with Gasteiger partial charge in [0.15, 0.2) is 9.84 Å². The van der Waals surface area contributed by atoms with Gasteiger partial charge in [0.1, 0.15) is 17.2 Å². The molecule has 0 amide bonds. The maximum Gasteiger partial charge on any atom is 0.254 e. The maximum atomic E-state index is 12.6. The van der Waals surface area contributed by atoms with Gasteiger partial charge in [0.05, 0.1) is 17.3 Å². The van der Waals surface area contributed by atoms with Crippen molar-refractivity contribution in [1.29, 1.82) is 0 Å². The van der Waals surface area contributed by atoms with E-state index in [1.54, 1.807) is 38.4 Å². The van der Waals surface area contributed by atoms with Gasteiger partial charge in [-0.15, -0.1) is 0 Å². The van der Waals surface area contributed by atoms with Crippen molar-refractivity contribution < 1.29 is 17.9 Å². The van der Waals surface area contributed by atoms with Crippen LogP contribution in [0, 0.1) is 6.92 Å². The van der Waals surface area contributed by atoms with E-state index in [0.29, 0.717) is 29.2 Å². The summed E-state index contributed by atoms with van der Waals surface area (Å²) >= 11 is 0. The Kier molecular flexibility index (Phi) is 6.11. The van der Waals surface area contributed by atoms with Crippen molar-refractivity contribution in [2.45, 2.75) is 38.0 Å². The average Bonchev–Trinajstić information content (AvgIpc) is 2.77. The summed E-state index contributed by atoms with van der Waals surface area (Å²) in [6.07, 6.45) is 4.24. The number of fused-ring (bicyclic) bond motifs is 4. The molecule has 7 heteroatoms. The number of hydrogen-bond donors (Lipinski definition) is 0. The molecule has 0 unspecified atom stereocenters. The first-order valence-electron chi connectivity index (χ1n) is 10.8. The Morgan fingerprint density at radius 2 is 1.84 bits per heavy atom. The van der Waals surface area contributed by atoms with Crippen molar-refractivity contribution in [2.75, 3.05) is 12.4 Å². The molecule has 0 bridgehead atoms. The molecule has 0 aliphatic carbocycles. The predicted molar refractivity (Wildman–Crippen MR) is 125 cm³/mol. The second-order valence-electron chi connectivity index (χ2n) is 8.03. The molecule has 0 spiro atoms. The maximum absolute atomic E-state index is 12.6. The number of ether oxygens (including phenoxy) is 2. The minimum absolute atomic E-state index is 0.00871. The summed E-state index contributed by atoms with van der Waals surface area (Å²) in [6.45, 7) is 4.08. The van der Waals surface area contributed by atoms with E-state index in [1.807, 2.05) is 19.1 Å². The number of para-hydroxylation sites is 1. The Balaban J connectivity index is 2.00. The molecule has 1 aromatic heterocycles. The zero-order valence-corrected chi connectivity index (χ0v) is 19.4. The summed E-state index contributed by atoms with van der Waals surface area (Å²) < 4.78 is 39.1. The molecular weight excluding hydrogens is 426 g/mol. The topological polar surface area (TPSA) is 74.6 Å². The van der Waals surface area contributed by atoms with Gasteiger partial charge in [-0.1, -0.05) is 25.1 Å². The van der Waals surface area contributed by atoms with Gasteiger partial charge in [0.2, 0.25) is 0 Å². The van der Waals surface area contributed by atoms with Crippen LogP contribution in [0.15, 0.2) is 58.4 Å². The molecule has 32 heavy (non-hydrogen) atoms. The summed E-state index contributed by atoms with van der Waals surface area (Å²) in [6, 6.07) is 12.4. The number of nitrogens with zero attached hydrogens (tertiary/aromatic N) is 1. The second kappa shape index (κ2) is 8.82. The summed E-state index contributed by atoms with van der Waals surface area (Å²) in [5, 5.41) is 0. The zero-order chi connectivity index (χ0) is 22.9. The third-order valence-corrected chi connectivity index (χ3v) is 7.51. The van der Waals surface area contributed by atoms with Gasteiger partial charge in [-0.25, -0.2) is 8.42 Å². The smallest absolute Gasteiger partial charge is 0.254 e. The van der Waals surface area contributed by atoms with Gasteiger partial charge < -0.3 is 14.0 Å². The van der Waals surface area contributed by atoms with Crippen LogP contribution in [0.4, 0.5) is 0 Å². The van der Waals surface area contributed by atoms with Crippen LogP contribution in [0.3, 0.4) is 0 Å². The lowest BCUT2D eigenvalue weighted by atomic mass is 10.0. The summed E-state index contributed by atoms with van der Waals surface area (Å²) in [5.74, 6) is 1.72. The number of pyridine rings is 1. The number of benzene rings is 2. The Morgan fingerprint density at radius 3 is 2.62 bits per heavy atom. The molecule has 1 aliphatic rings. The van der Waals surface area contributed by atoms with E-state index in [9.17, 15) is 13.2 Å². The highest BCUT2D eigenvalue weighted by molar-refractivity contribution is 7.91. The van der Waals surface area contributed by atoms with Crippen LogP contribution < -0.4 is 15.0 Å². The van der Waals surface area contributed by atoms with Crippen molar-refractivity contribution in [3.8, 4) is 28.4 Å². The van der Waals surface area contributed by atoms with Crippen molar-refractivity contribution in [3.05, 3.63) is 70.1 Å². The van der Waals surface area contributed by atoms with Crippen LogP contribution in [0.1, 0.15) is 30.9 Å². The molecule has 6 nitrogen and oxygen atoms in total. The lowest BCUT2D eigenvalue weighted by Gasteiger charge is -2.20. The highest BCUT2D eigenvalue weighted by atomic mass is 32.2. The van der Waals surface area contributed by atoms with Gasteiger partial charge in [-0.05, 0) is 55.5 Å². The first kappa shape index (κ1) is 22.1. The number of hydrogen-bond acceptors (Lipinski definition) is 5. The van der Waals surface area contributed by atoms with Crippen molar-refractivity contribution in [2.24, 2.45) is 7.05 Å². The molecule has 0 atom stereocenters. The van der Waals surface area contributed by atoms with Gasteiger partial charge in [0, 0.05) is 30.4 Å². The average molecular weight is 454 g/mol. The predicted octanol–water partition coefficient (Wildman–Crippen LogP) is 4.66. The van der Waals surface area contributed by atoms with E-state index in [-0.39, 0.29) is 16.2 Å². The van der Waals surface area contributed by atoms with Crippen molar-refractivity contribution >= 4 is 9.84 Å². The first-order chi connectivity index (χ1) is 15.3. The number of rotatable bonds is 2. The Morgan fingerprint density at radius 1 is 1.03 bits per heavy atom. The van der Waals surface area contributed by atoms with E-state index < -0.39 is 9.84 Å². The molecule has 1 aliphatic heterocycles. The molecule has 0 saturated carbocycles. The molecular formula is C25H27NO5S. The number of sulfone groups is 1. The van der Waals surface area contributed by atoms with Gasteiger partial charge >= 0.3 is 0 Å². The molecule has 2 aromatic carbocycles. The summed E-state index contributed by atoms with van der Waals surface area (Å²) in [4.78, 5) is 12.5. The zero-order valence-electron chi connectivity index (χ0n) is 18.6. The second-order valence-corrected chi connectivity index (χ2v) is 10.3. The van der Waals surface area contributed by atoms with Gasteiger partial charge in [-0.2, -0.15) is 0 Å². The quantitative estimate of drug-likeness (QED) is 0.564. The van der Waals surface area contributed by atoms with E-state index in [2.05, 4.69) is 6.07 Å². The summed E-state index contributed by atoms with van der Waals surface area (Å²) in [7, 11) is -1.78. The Bertz CT molecular complexity index is 1320. The monoisotopic (exact) mass is 453 g/mol. The molecule has 2 heterocycles. The lowest BCUT2D eigenvalue weighted by molar-refractivity contribution is 0.306. The van der Waals surface area contributed by atoms with Crippen molar-refractivity contribution in [3.63, 3.8) is 0 Å². The molecule has 168 valence electrons. The third-order valence-electron chi connectivity index (χ3n) is 5.77. The van der Waals surface area contributed by atoms with E-state index in [1.165, 1.54) is 10.6 Å². The highest BCUT2D eigenvalue weighted by Gasteiger charge is 2.21. The van der Waals surface area contributed by atoms with Crippen LogP contribution in [0.25, 0.3) is 11.1 Å². The number of aromatic nitrogens is 1. The Labute approximate surface area is 188 Å². The summed E-state index contributed by atoms with van der Waals surface area (Å²) in [5.41, 5.74) is 3.10. The third kappa shape index (κ3) is 4.30. The molecule has 0 saturated heterocycles. The molecule has 0 fully saturated rings. The fourth-order valence-corrected chi connectivity index (χ4v) is 4.77. The lowest BCUT2D eigenvalue weighted by Crippen LogP contribution is -2.16. The molecule has 4 rings (SSSR count). The van der Waals surface area contributed by atoms with Gasteiger partial charge in [-0.3, -0.25) is 4.79 Å². The fraction of sp³-hybridized carbons (Fsp3) is 0.320. The van der Waals surface area contributed by atoms with Crippen LogP contribution >= 0.6 is 0 Å². The molecule has 0 N–H and O–H groups in total. The van der Waals surface area contributed by atoms with Crippen LogP contribution in [-0.4, -0.2) is 25.3 Å². The van der Waals surface area contributed by atoms with E-state index in [0.717, 1.165) is 36.1 Å². The molecule has 0 radical (unpaired) electrons. The standard InChI is InChI=1S/C25H27NO5S/c1-4-32(28,29)19-11-12-22-20(14-19)21-16-26(3)24(27)15-23(21)30-13-6-5-9-18-10-7-8-17(2)25(18)31-22/h7-8,10-12,14-16H,4-6,9,13H2,1-3H3. The highest BCUT2D eigenvalue weighted by Crippen LogP contribution is 2.41. The largest absolute Gasteiger partial charge is 0.493 e. The van der Waals surface area contributed by atoms with Gasteiger partial charge in [0.25, 0.3) is 5.56 Å². The van der Waals surface area contributed by atoms with Crippen LogP contribution in [0.2, 0.25) is 0 Å².